The normalized spacial score (nSPS) is 10.9. The van der Waals surface area contributed by atoms with Gasteiger partial charge in [-0.1, -0.05) is 42.0 Å². The number of halogens is 1. The fourth-order valence-corrected chi connectivity index (χ4v) is 4.15. The molecule has 2 aromatic carbocycles. The van der Waals surface area contributed by atoms with Crippen LogP contribution in [-0.2, 0) is 17.8 Å². The van der Waals surface area contributed by atoms with Crippen molar-refractivity contribution >= 4 is 44.2 Å². The maximum atomic E-state index is 13.1. The number of hydrogen-bond acceptors (Lipinski definition) is 5. The van der Waals surface area contributed by atoms with E-state index in [2.05, 4.69) is 24.0 Å². The minimum absolute atomic E-state index is 0.0992. The van der Waals surface area contributed by atoms with Crippen LogP contribution in [0.1, 0.15) is 18.1 Å². The van der Waals surface area contributed by atoms with Crippen LogP contribution in [0.25, 0.3) is 10.2 Å². The Morgan fingerprint density at radius 3 is 2.70 bits per heavy atom. The highest BCUT2D eigenvalue weighted by Gasteiger charge is 2.21. The largest absolute Gasteiger partial charge is 0.484 e. The molecule has 0 aliphatic rings. The zero-order valence-electron chi connectivity index (χ0n) is 16.4. The topological polar surface area (TPSA) is 55.3 Å². The molecule has 2 aromatic heterocycles. The number of aryl methyl sites for hydroxylation is 1. The van der Waals surface area contributed by atoms with E-state index < -0.39 is 0 Å². The number of pyridine rings is 1. The Morgan fingerprint density at radius 1 is 1.13 bits per heavy atom. The number of aromatic nitrogens is 2. The molecule has 0 atom stereocenters. The zero-order valence-corrected chi connectivity index (χ0v) is 18.0. The van der Waals surface area contributed by atoms with E-state index in [1.165, 1.54) is 16.9 Å². The minimum atomic E-state index is -0.177. The van der Waals surface area contributed by atoms with Gasteiger partial charge in [0.25, 0.3) is 5.91 Å². The number of ether oxygens (including phenoxy) is 1. The number of anilines is 1. The lowest BCUT2D eigenvalue weighted by atomic mass is 10.2. The third-order valence-electron chi connectivity index (χ3n) is 4.62. The van der Waals surface area contributed by atoms with Gasteiger partial charge in [-0.25, -0.2) is 4.98 Å². The van der Waals surface area contributed by atoms with Gasteiger partial charge in [0.05, 0.1) is 16.8 Å². The van der Waals surface area contributed by atoms with Crippen molar-refractivity contribution in [2.45, 2.75) is 19.9 Å². The van der Waals surface area contributed by atoms with Crippen molar-refractivity contribution < 1.29 is 9.53 Å². The predicted octanol–water partition coefficient (Wildman–Crippen LogP) is 5.52. The van der Waals surface area contributed by atoms with Gasteiger partial charge in [-0.15, -0.1) is 0 Å². The van der Waals surface area contributed by atoms with E-state index >= 15 is 0 Å². The van der Waals surface area contributed by atoms with E-state index in [0.717, 1.165) is 22.2 Å². The van der Waals surface area contributed by atoms with Gasteiger partial charge in [-0.2, -0.15) is 0 Å². The molecular formula is C23H20ClN3O2S. The minimum Gasteiger partial charge on any atom is -0.484 e. The number of nitrogens with zero attached hydrogens (tertiary/aromatic N) is 3. The van der Waals surface area contributed by atoms with Crippen LogP contribution in [-0.4, -0.2) is 22.5 Å². The second-order valence-corrected chi connectivity index (χ2v) is 8.18. The Morgan fingerprint density at radius 2 is 1.97 bits per heavy atom. The van der Waals surface area contributed by atoms with Crippen LogP contribution < -0.4 is 9.64 Å². The summed E-state index contributed by atoms with van der Waals surface area (Å²) in [5, 5.41) is 1.26. The first kappa shape index (κ1) is 20.3. The van der Waals surface area contributed by atoms with Crippen LogP contribution in [0.2, 0.25) is 5.02 Å². The average molecular weight is 438 g/mol. The Hall–Kier alpha value is -2.96. The van der Waals surface area contributed by atoms with Gasteiger partial charge in [-0.05, 0) is 60.0 Å². The fourth-order valence-electron chi connectivity index (χ4n) is 2.98. The average Bonchev–Trinajstić information content (AvgIpc) is 3.20. The summed E-state index contributed by atoms with van der Waals surface area (Å²) >= 11 is 7.42. The third-order valence-corrected chi connectivity index (χ3v) is 5.91. The first-order valence-electron chi connectivity index (χ1n) is 9.59. The monoisotopic (exact) mass is 437 g/mol. The Bertz CT molecular complexity index is 1150. The number of benzene rings is 2. The maximum Gasteiger partial charge on any atom is 0.267 e. The molecule has 0 unspecified atom stereocenters. The number of thiazole rings is 1. The first-order chi connectivity index (χ1) is 14.6. The molecule has 0 bridgehead atoms. The van der Waals surface area contributed by atoms with Gasteiger partial charge in [0.15, 0.2) is 11.7 Å². The highest BCUT2D eigenvalue weighted by atomic mass is 35.5. The standard InChI is InChI=1S/C23H20ClN3O2S/c1-2-16-5-10-20-21(12-16)30-23(26-20)27(14-17-4-3-11-25-13-17)22(28)15-29-19-8-6-18(24)7-9-19/h3-13H,2,14-15H2,1H3. The number of fused-ring (bicyclic) bond motifs is 1. The lowest BCUT2D eigenvalue weighted by Crippen LogP contribution is -2.34. The number of amides is 1. The molecule has 0 spiro atoms. The smallest absolute Gasteiger partial charge is 0.267 e. The van der Waals surface area contributed by atoms with Crippen LogP contribution in [0.15, 0.2) is 67.0 Å². The molecule has 4 rings (SSSR count). The Balaban J connectivity index is 1.60. The summed E-state index contributed by atoms with van der Waals surface area (Å²) in [6.45, 7) is 2.39. The maximum absolute atomic E-state index is 13.1. The van der Waals surface area contributed by atoms with E-state index in [-0.39, 0.29) is 12.5 Å². The molecule has 0 N–H and O–H groups in total. The first-order valence-corrected chi connectivity index (χ1v) is 10.8. The quantitative estimate of drug-likeness (QED) is 0.382. The highest BCUT2D eigenvalue weighted by Crippen LogP contribution is 2.31. The summed E-state index contributed by atoms with van der Waals surface area (Å²) in [6.07, 6.45) is 4.42. The van der Waals surface area contributed by atoms with Gasteiger partial charge >= 0.3 is 0 Å². The SMILES string of the molecule is CCc1ccc2nc(N(Cc3cccnc3)C(=O)COc3ccc(Cl)cc3)sc2c1. The molecule has 5 nitrogen and oxygen atoms in total. The van der Waals surface area contributed by atoms with Crippen LogP contribution in [0.5, 0.6) is 5.75 Å². The van der Waals surface area contributed by atoms with E-state index in [0.29, 0.717) is 22.4 Å². The van der Waals surface area contributed by atoms with Gasteiger partial charge in [-0.3, -0.25) is 14.7 Å². The van der Waals surface area contributed by atoms with Crippen molar-refractivity contribution in [3.8, 4) is 5.75 Å². The number of carbonyl (C=O) groups excluding carboxylic acids is 1. The molecular weight excluding hydrogens is 418 g/mol. The van der Waals surface area contributed by atoms with E-state index in [1.54, 1.807) is 41.6 Å². The van der Waals surface area contributed by atoms with Gasteiger partial charge in [0.2, 0.25) is 0 Å². The van der Waals surface area contributed by atoms with Crippen molar-refractivity contribution in [2.75, 3.05) is 11.5 Å². The molecule has 0 fully saturated rings. The Kier molecular flexibility index (Phi) is 6.26. The van der Waals surface area contributed by atoms with E-state index in [1.807, 2.05) is 18.2 Å². The predicted molar refractivity (Wildman–Crippen MR) is 121 cm³/mol. The highest BCUT2D eigenvalue weighted by molar-refractivity contribution is 7.22. The lowest BCUT2D eigenvalue weighted by molar-refractivity contribution is -0.120. The summed E-state index contributed by atoms with van der Waals surface area (Å²) < 4.78 is 6.75. The molecule has 152 valence electrons. The van der Waals surface area contributed by atoms with Gasteiger partial charge < -0.3 is 4.74 Å². The summed E-state index contributed by atoms with van der Waals surface area (Å²) in [5.41, 5.74) is 3.05. The second-order valence-electron chi connectivity index (χ2n) is 6.74. The summed E-state index contributed by atoms with van der Waals surface area (Å²) in [7, 11) is 0. The van der Waals surface area contributed by atoms with Gasteiger partial charge in [0.1, 0.15) is 5.75 Å². The summed E-state index contributed by atoms with van der Waals surface area (Å²) in [4.78, 5) is 23.6. The van der Waals surface area contributed by atoms with Crippen LogP contribution >= 0.6 is 22.9 Å². The van der Waals surface area contributed by atoms with Crippen molar-refractivity contribution in [2.24, 2.45) is 0 Å². The molecule has 2 heterocycles. The summed E-state index contributed by atoms with van der Waals surface area (Å²) in [6, 6.07) is 16.9. The third kappa shape index (κ3) is 4.78. The molecule has 30 heavy (non-hydrogen) atoms. The molecule has 0 radical (unpaired) electrons. The zero-order chi connectivity index (χ0) is 20.9. The molecule has 1 amide bonds. The molecule has 0 aliphatic heterocycles. The fraction of sp³-hybridized carbons (Fsp3) is 0.174. The second kappa shape index (κ2) is 9.24. The van der Waals surface area contributed by atoms with Crippen LogP contribution in [0.3, 0.4) is 0 Å². The van der Waals surface area contributed by atoms with Crippen molar-refractivity contribution in [1.29, 1.82) is 0 Å². The molecule has 0 saturated carbocycles. The number of rotatable bonds is 7. The molecule has 7 heteroatoms. The van der Waals surface area contributed by atoms with Gasteiger partial charge in [0, 0.05) is 17.4 Å². The van der Waals surface area contributed by atoms with E-state index in [9.17, 15) is 4.79 Å². The lowest BCUT2D eigenvalue weighted by Gasteiger charge is -2.20. The van der Waals surface area contributed by atoms with Crippen LogP contribution in [0, 0.1) is 0 Å². The van der Waals surface area contributed by atoms with Crippen LogP contribution in [0.4, 0.5) is 5.13 Å². The molecule has 0 aliphatic carbocycles. The molecule has 4 aromatic rings. The number of hydrogen-bond donors (Lipinski definition) is 0. The molecule has 0 saturated heterocycles. The number of carbonyl (C=O) groups is 1. The van der Waals surface area contributed by atoms with Crippen molar-refractivity contribution in [3.63, 3.8) is 0 Å². The summed E-state index contributed by atoms with van der Waals surface area (Å²) in [5.74, 6) is 0.412. The van der Waals surface area contributed by atoms with Crippen molar-refractivity contribution in [3.05, 3.63) is 83.1 Å². The van der Waals surface area contributed by atoms with Crippen molar-refractivity contribution in [1.82, 2.24) is 9.97 Å². The Labute approximate surface area is 183 Å². The van der Waals surface area contributed by atoms with E-state index in [4.69, 9.17) is 21.3 Å².